The zero-order valence-electron chi connectivity index (χ0n) is 10.4. The second-order valence-electron chi connectivity index (χ2n) is 4.20. The molecule has 20 heavy (non-hydrogen) atoms. The van der Waals surface area contributed by atoms with Crippen molar-refractivity contribution in [1.82, 2.24) is 5.32 Å². The highest BCUT2D eigenvalue weighted by atomic mass is 19.4. The van der Waals surface area contributed by atoms with Crippen molar-refractivity contribution in [3.05, 3.63) is 48.2 Å². The lowest BCUT2D eigenvalue weighted by atomic mass is 10.0. The fourth-order valence-electron chi connectivity index (χ4n) is 1.59. The van der Waals surface area contributed by atoms with Crippen LogP contribution in [-0.4, -0.2) is 34.4 Å². The Morgan fingerprint density at radius 3 is 2.30 bits per heavy atom. The molecule has 3 N–H and O–H groups in total. The van der Waals surface area contributed by atoms with Crippen LogP contribution in [-0.2, 0) is 11.2 Å². The Morgan fingerprint density at radius 2 is 1.85 bits per heavy atom. The molecule has 0 aliphatic rings. The summed E-state index contributed by atoms with van der Waals surface area (Å²) in [6, 6.07) is 6.45. The van der Waals surface area contributed by atoms with Gasteiger partial charge in [-0.3, -0.25) is 4.79 Å². The Bertz CT molecular complexity index is 473. The molecule has 0 aliphatic carbocycles. The van der Waals surface area contributed by atoms with Gasteiger partial charge < -0.3 is 15.5 Å². The Balaban J connectivity index is 2.90. The third-order valence-electron chi connectivity index (χ3n) is 2.59. The molecule has 2 atom stereocenters. The second-order valence-corrected chi connectivity index (χ2v) is 4.20. The van der Waals surface area contributed by atoms with E-state index in [0.29, 0.717) is 5.56 Å². The van der Waals surface area contributed by atoms with Gasteiger partial charge in [0.15, 0.2) is 11.9 Å². The molecule has 0 aromatic heterocycles. The highest BCUT2D eigenvalue weighted by Gasteiger charge is 2.44. The third-order valence-corrected chi connectivity index (χ3v) is 2.59. The van der Waals surface area contributed by atoms with Crippen molar-refractivity contribution in [2.24, 2.45) is 0 Å². The van der Waals surface area contributed by atoms with Gasteiger partial charge in [-0.25, -0.2) is 0 Å². The van der Waals surface area contributed by atoms with E-state index in [1.54, 1.807) is 30.3 Å². The summed E-state index contributed by atoms with van der Waals surface area (Å²) in [5.74, 6) is -2.08. The minimum atomic E-state index is -4.89. The quantitative estimate of drug-likeness (QED) is 0.571. The van der Waals surface area contributed by atoms with E-state index in [-0.39, 0.29) is 6.42 Å². The predicted octanol–water partition coefficient (Wildman–Crippen LogP) is 1.71. The number of hydrogen-bond donors (Lipinski definition) is 3. The summed E-state index contributed by atoms with van der Waals surface area (Å²) < 4.78 is 37.7. The summed E-state index contributed by atoms with van der Waals surface area (Å²) in [5.41, 5.74) is 0.504. The number of rotatable bonds is 5. The molecule has 7 heteroatoms. The summed E-state index contributed by atoms with van der Waals surface area (Å²) in [6.07, 6.45) is -7.87. The van der Waals surface area contributed by atoms with Crippen LogP contribution in [0.1, 0.15) is 5.56 Å². The van der Waals surface area contributed by atoms with Gasteiger partial charge in [-0.05, 0) is 12.0 Å². The molecule has 1 aromatic carbocycles. The Labute approximate surface area is 113 Å². The topological polar surface area (TPSA) is 69.6 Å². The Kier molecular flexibility index (Phi) is 5.15. The molecule has 110 valence electrons. The van der Waals surface area contributed by atoms with E-state index in [1.807, 2.05) is 5.32 Å². The smallest absolute Gasteiger partial charge is 0.416 e. The molecule has 0 fully saturated rings. The molecule has 0 heterocycles. The van der Waals surface area contributed by atoms with Crippen molar-refractivity contribution in [2.75, 3.05) is 0 Å². The molecular weight excluding hydrogens is 275 g/mol. The van der Waals surface area contributed by atoms with Crippen molar-refractivity contribution in [3.8, 4) is 0 Å². The first kappa shape index (κ1) is 16.0. The second kappa shape index (κ2) is 6.42. The van der Waals surface area contributed by atoms with Crippen molar-refractivity contribution in [2.45, 2.75) is 24.7 Å². The van der Waals surface area contributed by atoms with Gasteiger partial charge in [0.1, 0.15) is 0 Å². The molecule has 0 aliphatic heterocycles. The number of aliphatic hydroxyl groups excluding tert-OH is 2. The summed E-state index contributed by atoms with van der Waals surface area (Å²) in [7, 11) is 0. The monoisotopic (exact) mass is 289 g/mol. The molecule has 1 rings (SSSR count). The van der Waals surface area contributed by atoms with Gasteiger partial charge in [0, 0.05) is 0 Å². The average molecular weight is 289 g/mol. The van der Waals surface area contributed by atoms with Crippen molar-refractivity contribution in [3.63, 3.8) is 0 Å². The molecular formula is C13H14F3NO3. The van der Waals surface area contributed by atoms with Gasteiger partial charge in [0.05, 0.1) is 6.04 Å². The number of hydrogen-bond acceptors (Lipinski definition) is 3. The molecule has 0 radical (unpaired) electrons. The standard InChI is InChI=1S/C13H14F3NO3/c1-8(18)12(20)17-10(11(19)13(14,15)16)7-9-5-3-2-4-6-9/h2-6,10-11,18-19H,1,7H2,(H,17,20)/t10-,11?/m0/s1. The van der Waals surface area contributed by atoms with Crippen molar-refractivity contribution >= 4 is 5.91 Å². The molecule has 4 nitrogen and oxygen atoms in total. The number of benzene rings is 1. The Hall–Kier alpha value is -2.02. The van der Waals surface area contributed by atoms with Crippen LogP contribution >= 0.6 is 0 Å². The number of amides is 1. The minimum Gasteiger partial charge on any atom is -0.503 e. The minimum absolute atomic E-state index is 0.236. The van der Waals surface area contributed by atoms with Crippen LogP contribution in [0.2, 0.25) is 0 Å². The summed E-state index contributed by atoms with van der Waals surface area (Å²) in [4.78, 5) is 11.2. The van der Waals surface area contributed by atoms with Crippen LogP contribution in [0.4, 0.5) is 13.2 Å². The van der Waals surface area contributed by atoms with Gasteiger partial charge in [-0.15, -0.1) is 0 Å². The van der Waals surface area contributed by atoms with Crippen LogP contribution in [0.25, 0.3) is 0 Å². The molecule has 0 saturated carbocycles. The highest BCUT2D eigenvalue weighted by Crippen LogP contribution is 2.24. The molecule has 0 spiro atoms. The molecule has 0 bridgehead atoms. The van der Waals surface area contributed by atoms with Crippen LogP contribution in [0.5, 0.6) is 0 Å². The molecule has 1 unspecified atom stereocenters. The number of nitrogens with one attached hydrogen (secondary N) is 1. The van der Waals surface area contributed by atoms with E-state index in [4.69, 9.17) is 5.11 Å². The van der Waals surface area contributed by atoms with Crippen molar-refractivity contribution < 1.29 is 28.2 Å². The van der Waals surface area contributed by atoms with E-state index in [9.17, 15) is 23.1 Å². The van der Waals surface area contributed by atoms with Gasteiger partial charge in [0.2, 0.25) is 0 Å². The fraction of sp³-hybridized carbons (Fsp3) is 0.308. The zero-order valence-corrected chi connectivity index (χ0v) is 10.4. The van der Waals surface area contributed by atoms with Gasteiger partial charge in [0.25, 0.3) is 5.91 Å². The number of carbonyl (C=O) groups is 1. The molecule has 0 saturated heterocycles. The summed E-state index contributed by atoms with van der Waals surface area (Å²) in [5, 5.41) is 20.1. The normalized spacial score (nSPS) is 14.4. The summed E-state index contributed by atoms with van der Waals surface area (Å²) >= 11 is 0. The number of aliphatic hydroxyl groups is 2. The van der Waals surface area contributed by atoms with E-state index in [2.05, 4.69) is 6.58 Å². The number of alkyl halides is 3. The first-order chi connectivity index (χ1) is 9.21. The lowest BCUT2D eigenvalue weighted by molar-refractivity contribution is -0.212. The van der Waals surface area contributed by atoms with Crippen LogP contribution in [0.3, 0.4) is 0 Å². The average Bonchev–Trinajstić information content (AvgIpc) is 2.37. The maximum Gasteiger partial charge on any atom is 0.416 e. The first-order valence-electron chi connectivity index (χ1n) is 5.69. The van der Waals surface area contributed by atoms with E-state index in [1.165, 1.54) is 0 Å². The zero-order chi connectivity index (χ0) is 15.3. The van der Waals surface area contributed by atoms with E-state index >= 15 is 0 Å². The van der Waals surface area contributed by atoms with Crippen LogP contribution < -0.4 is 5.32 Å². The predicted molar refractivity (Wildman–Crippen MR) is 65.9 cm³/mol. The summed E-state index contributed by atoms with van der Waals surface area (Å²) in [6.45, 7) is 2.92. The van der Waals surface area contributed by atoms with Crippen molar-refractivity contribution in [1.29, 1.82) is 0 Å². The maximum absolute atomic E-state index is 12.6. The van der Waals surface area contributed by atoms with E-state index < -0.39 is 30.0 Å². The largest absolute Gasteiger partial charge is 0.503 e. The third kappa shape index (κ3) is 4.58. The van der Waals surface area contributed by atoms with Gasteiger partial charge in [-0.2, -0.15) is 13.2 Å². The molecule has 1 amide bonds. The first-order valence-corrected chi connectivity index (χ1v) is 5.69. The Morgan fingerprint density at radius 1 is 1.30 bits per heavy atom. The van der Waals surface area contributed by atoms with Crippen LogP contribution in [0, 0.1) is 0 Å². The van der Waals surface area contributed by atoms with Crippen LogP contribution in [0.15, 0.2) is 42.7 Å². The SMILES string of the molecule is C=C(O)C(=O)N[C@@H](Cc1ccccc1)C(O)C(F)(F)F. The number of carbonyl (C=O) groups excluding carboxylic acids is 1. The van der Waals surface area contributed by atoms with E-state index in [0.717, 1.165) is 0 Å². The van der Waals surface area contributed by atoms with Gasteiger partial charge >= 0.3 is 6.18 Å². The molecule has 1 aromatic rings. The highest BCUT2D eigenvalue weighted by molar-refractivity contribution is 5.90. The number of halogens is 3. The lowest BCUT2D eigenvalue weighted by Gasteiger charge is -2.25. The fourth-order valence-corrected chi connectivity index (χ4v) is 1.59. The lowest BCUT2D eigenvalue weighted by Crippen LogP contribution is -2.51. The maximum atomic E-state index is 12.6. The van der Waals surface area contributed by atoms with Gasteiger partial charge in [-0.1, -0.05) is 36.9 Å².